The second-order valence-corrected chi connectivity index (χ2v) is 9.48. The molecule has 5 nitrogen and oxygen atoms in total. The van der Waals surface area contributed by atoms with Crippen LogP contribution < -0.4 is 5.32 Å². The van der Waals surface area contributed by atoms with E-state index in [2.05, 4.69) is 12.2 Å². The molecule has 6 heteroatoms. The monoisotopic (exact) mass is 364 g/mol. The summed E-state index contributed by atoms with van der Waals surface area (Å²) >= 11 is 0. The Morgan fingerprint density at radius 1 is 1.12 bits per heavy atom. The lowest BCUT2D eigenvalue weighted by molar-refractivity contribution is -0.117. The topological polar surface area (TPSA) is 66.5 Å². The highest BCUT2D eigenvalue weighted by molar-refractivity contribution is 7.89. The molecule has 0 bridgehead atoms. The lowest BCUT2D eigenvalue weighted by Crippen LogP contribution is -2.39. The van der Waals surface area contributed by atoms with Gasteiger partial charge in [0.2, 0.25) is 15.9 Å². The molecule has 0 radical (unpaired) electrons. The van der Waals surface area contributed by atoms with E-state index in [4.69, 9.17) is 0 Å². The van der Waals surface area contributed by atoms with Crippen LogP contribution in [0.4, 0.5) is 5.69 Å². The van der Waals surface area contributed by atoms with Crippen molar-refractivity contribution in [2.24, 2.45) is 11.8 Å². The molecule has 2 fully saturated rings. The molecule has 1 saturated carbocycles. The molecule has 0 spiro atoms. The Morgan fingerprint density at radius 2 is 1.80 bits per heavy atom. The zero-order valence-electron chi connectivity index (χ0n) is 14.9. The molecule has 2 aliphatic rings. The number of rotatable bonds is 5. The van der Waals surface area contributed by atoms with Gasteiger partial charge in [-0.3, -0.25) is 4.79 Å². The molecule has 0 aromatic heterocycles. The fourth-order valence-corrected chi connectivity index (χ4v) is 5.51. The number of hydrogen-bond acceptors (Lipinski definition) is 3. The molecule has 3 rings (SSSR count). The van der Waals surface area contributed by atoms with Crippen molar-refractivity contribution in [3.8, 4) is 0 Å². The van der Waals surface area contributed by atoms with E-state index >= 15 is 0 Å². The third kappa shape index (κ3) is 4.61. The van der Waals surface area contributed by atoms with E-state index in [1.807, 2.05) is 0 Å². The SMILES string of the molecule is CC1CCCN(S(=O)(=O)c2ccc(NC(=O)CC3CCCC3)cc2)C1. The average molecular weight is 365 g/mol. The minimum Gasteiger partial charge on any atom is -0.326 e. The molecule has 1 saturated heterocycles. The Bertz CT molecular complexity index is 694. The first-order valence-corrected chi connectivity index (χ1v) is 10.8. The van der Waals surface area contributed by atoms with Crippen molar-refractivity contribution >= 4 is 21.6 Å². The predicted molar refractivity (Wildman–Crippen MR) is 98.8 cm³/mol. The van der Waals surface area contributed by atoms with Gasteiger partial charge in [-0.25, -0.2) is 8.42 Å². The first-order valence-electron chi connectivity index (χ1n) is 9.35. The lowest BCUT2D eigenvalue weighted by Gasteiger charge is -2.30. The van der Waals surface area contributed by atoms with Crippen LogP contribution in [-0.4, -0.2) is 31.7 Å². The first-order chi connectivity index (χ1) is 11.9. The maximum Gasteiger partial charge on any atom is 0.243 e. The van der Waals surface area contributed by atoms with E-state index in [0.717, 1.165) is 25.7 Å². The van der Waals surface area contributed by atoms with Gasteiger partial charge in [0.05, 0.1) is 4.90 Å². The molecule has 1 aromatic carbocycles. The highest BCUT2D eigenvalue weighted by atomic mass is 32.2. The predicted octanol–water partition coefficient (Wildman–Crippen LogP) is 3.63. The zero-order valence-corrected chi connectivity index (χ0v) is 15.7. The second kappa shape index (κ2) is 7.87. The number of nitrogens with zero attached hydrogens (tertiary/aromatic N) is 1. The van der Waals surface area contributed by atoms with Crippen LogP contribution in [-0.2, 0) is 14.8 Å². The molecule has 1 heterocycles. The zero-order chi connectivity index (χ0) is 17.9. The van der Waals surface area contributed by atoms with Crippen molar-refractivity contribution in [1.29, 1.82) is 0 Å². The van der Waals surface area contributed by atoms with Crippen LogP contribution in [0.5, 0.6) is 0 Å². The van der Waals surface area contributed by atoms with Gasteiger partial charge in [0.25, 0.3) is 0 Å². The summed E-state index contributed by atoms with van der Waals surface area (Å²) in [5.74, 6) is 0.922. The Balaban J connectivity index is 1.62. The summed E-state index contributed by atoms with van der Waals surface area (Å²) in [5.41, 5.74) is 0.661. The van der Waals surface area contributed by atoms with E-state index in [9.17, 15) is 13.2 Å². The smallest absolute Gasteiger partial charge is 0.243 e. The molecular weight excluding hydrogens is 336 g/mol. The molecule has 138 valence electrons. The number of benzene rings is 1. The number of anilines is 1. The summed E-state index contributed by atoms with van der Waals surface area (Å²) < 4.78 is 27.0. The van der Waals surface area contributed by atoms with Crippen molar-refractivity contribution in [3.05, 3.63) is 24.3 Å². The molecule has 25 heavy (non-hydrogen) atoms. The molecule has 1 aliphatic heterocycles. The van der Waals surface area contributed by atoms with Crippen LogP contribution in [0.1, 0.15) is 51.9 Å². The van der Waals surface area contributed by atoms with Crippen molar-refractivity contribution in [3.63, 3.8) is 0 Å². The lowest BCUT2D eigenvalue weighted by atomic mass is 10.0. The molecular formula is C19H28N2O3S. The molecule has 1 N–H and O–H groups in total. The van der Waals surface area contributed by atoms with Gasteiger partial charge in [-0.15, -0.1) is 0 Å². The summed E-state index contributed by atoms with van der Waals surface area (Å²) in [7, 11) is -3.44. The third-order valence-electron chi connectivity index (χ3n) is 5.34. The number of piperidine rings is 1. The minimum absolute atomic E-state index is 0.0207. The Hall–Kier alpha value is -1.40. The van der Waals surface area contributed by atoms with Gasteiger partial charge in [-0.1, -0.05) is 19.8 Å². The summed E-state index contributed by atoms with van der Waals surface area (Å²) in [4.78, 5) is 12.4. The van der Waals surface area contributed by atoms with Gasteiger partial charge in [0.15, 0.2) is 0 Å². The fraction of sp³-hybridized carbons (Fsp3) is 0.632. The second-order valence-electron chi connectivity index (χ2n) is 7.54. The van der Waals surface area contributed by atoms with Gasteiger partial charge in [0.1, 0.15) is 0 Å². The molecule has 1 aliphatic carbocycles. The van der Waals surface area contributed by atoms with Crippen LogP contribution in [0.2, 0.25) is 0 Å². The average Bonchev–Trinajstić information content (AvgIpc) is 3.08. The number of hydrogen-bond donors (Lipinski definition) is 1. The van der Waals surface area contributed by atoms with Crippen molar-refractivity contribution < 1.29 is 13.2 Å². The number of nitrogens with one attached hydrogen (secondary N) is 1. The maximum atomic E-state index is 12.7. The van der Waals surface area contributed by atoms with Crippen molar-refractivity contribution in [1.82, 2.24) is 4.31 Å². The minimum atomic E-state index is -3.44. The molecule has 1 unspecified atom stereocenters. The third-order valence-corrected chi connectivity index (χ3v) is 7.22. The Kier molecular flexibility index (Phi) is 5.79. The van der Waals surface area contributed by atoms with Gasteiger partial charge < -0.3 is 5.32 Å². The highest BCUT2D eigenvalue weighted by Gasteiger charge is 2.28. The van der Waals surface area contributed by atoms with Gasteiger partial charge >= 0.3 is 0 Å². The van der Waals surface area contributed by atoms with Crippen LogP contribution in [0.3, 0.4) is 0 Å². The van der Waals surface area contributed by atoms with Gasteiger partial charge in [-0.05, 0) is 61.8 Å². The number of amides is 1. The van der Waals surface area contributed by atoms with Crippen LogP contribution in [0, 0.1) is 11.8 Å². The first kappa shape index (κ1) is 18.4. The van der Waals surface area contributed by atoms with Crippen molar-refractivity contribution in [2.45, 2.75) is 56.8 Å². The highest BCUT2D eigenvalue weighted by Crippen LogP contribution is 2.28. The van der Waals surface area contributed by atoms with Crippen LogP contribution in [0.25, 0.3) is 0 Å². The van der Waals surface area contributed by atoms with E-state index in [0.29, 0.717) is 41.9 Å². The summed E-state index contributed by atoms with van der Waals surface area (Å²) in [5, 5.41) is 2.89. The van der Waals surface area contributed by atoms with E-state index in [-0.39, 0.29) is 5.91 Å². The number of carbonyl (C=O) groups excluding carboxylic acids is 1. The fourth-order valence-electron chi connectivity index (χ4n) is 3.91. The summed E-state index contributed by atoms with van der Waals surface area (Å²) in [6, 6.07) is 6.57. The Labute approximate surface area is 150 Å². The van der Waals surface area contributed by atoms with E-state index in [1.54, 1.807) is 28.6 Å². The summed E-state index contributed by atoms with van der Waals surface area (Å²) in [6.45, 7) is 3.26. The van der Waals surface area contributed by atoms with E-state index < -0.39 is 10.0 Å². The number of carbonyl (C=O) groups is 1. The maximum absolute atomic E-state index is 12.7. The number of sulfonamides is 1. The molecule has 1 aromatic rings. The Morgan fingerprint density at radius 3 is 2.44 bits per heavy atom. The molecule has 1 atom stereocenters. The largest absolute Gasteiger partial charge is 0.326 e. The van der Waals surface area contributed by atoms with Crippen LogP contribution in [0.15, 0.2) is 29.2 Å². The van der Waals surface area contributed by atoms with Gasteiger partial charge in [-0.2, -0.15) is 4.31 Å². The summed E-state index contributed by atoms with van der Waals surface area (Å²) in [6.07, 6.45) is 7.27. The van der Waals surface area contributed by atoms with Crippen molar-refractivity contribution in [2.75, 3.05) is 18.4 Å². The van der Waals surface area contributed by atoms with E-state index in [1.165, 1.54) is 12.8 Å². The quantitative estimate of drug-likeness (QED) is 0.868. The molecule has 1 amide bonds. The normalized spacial score (nSPS) is 22.8. The van der Waals surface area contributed by atoms with Gasteiger partial charge in [0, 0.05) is 25.2 Å². The standard InChI is InChI=1S/C19H28N2O3S/c1-15-5-4-12-21(14-15)25(23,24)18-10-8-17(9-11-18)20-19(22)13-16-6-2-3-7-16/h8-11,15-16H,2-7,12-14H2,1H3,(H,20,22). The van der Waals surface area contributed by atoms with Crippen LogP contribution >= 0.6 is 0 Å².